The van der Waals surface area contributed by atoms with Crippen molar-refractivity contribution < 1.29 is 14.2 Å². The maximum atomic E-state index is 5.38. The Morgan fingerprint density at radius 3 is 2.29 bits per heavy atom. The van der Waals surface area contributed by atoms with Crippen LogP contribution in [0.5, 0.6) is 11.5 Å². The molecule has 6 nitrogen and oxygen atoms in total. The molecular formula is C17H30IN3O3. The lowest BCUT2D eigenvalue weighted by molar-refractivity contribution is 0.0268. The van der Waals surface area contributed by atoms with Gasteiger partial charge in [-0.1, -0.05) is 6.07 Å². The van der Waals surface area contributed by atoms with Crippen LogP contribution in [0, 0.1) is 0 Å². The number of rotatable bonds is 8. The average Bonchev–Trinajstić information content (AvgIpc) is 2.57. The normalized spacial score (nSPS) is 11.5. The first kappa shape index (κ1) is 22.8. The van der Waals surface area contributed by atoms with Crippen molar-refractivity contribution in [3.8, 4) is 11.5 Å². The monoisotopic (exact) mass is 451 g/mol. The van der Waals surface area contributed by atoms with E-state index in [1.165, 1.54) is 5.56 Å². The first-order valence-electron chi connectivity index (χ1n) is 7.66. The number of halogens is 1. The molecule has 0 saturated heterocycles. The van der Waals surface area contributed by atoms with Gasteiger partial charge in [0, 0.05) is 27.2 Å². The predicted octanol–water partition coefficient (Wildman–Crippen LogP) is 2.45. The zero-order valence-electron chi connectivity index (χ0n) is 15.4. The molecule has 1 aromatic carbocycles. The van der Waals surface area contributed by atoms with Crippen LogP contribution in [0.25, 0.3) is 0 Å². The second-order valence-corrected chi connectivity index (χ2v) is 5.76. The van der Waals surface area contributed by atoms with Gasteiger partial charge in [0.2, 0.25) is 0 Å². The van der Waals surface area contributed by atoms with Crippen LogP contribution in [0.15, 0.2) is 23.2 Å². The van der Waals surface area contributed by atoms with Crippen LogP contribution in [-0.4, -0.2) is 53.0 Å². The highest BCUT2D eigenvalue weighted by Gasteiger charge is 2.16. The smallest absolute Gasteiger partial charge is 0.191 e. The summed E-state index contributed by atoms with van der Waals surface area (Å²) in [7, 11) is 6.74. The molecule has 0 bridgehead atoms. The van der Waals surface area contributed by atoms with Gasteiger partial charge in [0.25, 0.3) is 0 Å². The van der Waals surface area contributed by atoms with E-state index < -0.39 is 0 Å². The molecule has 0 atom stereocenters. The van der Waals surface area contributed by atoms with Gasteiger partial charge in [-0.2, -0.15) is 0 Å². The quantitative estimate of drug-likeness (QED) is 0.361. The molecule has 0 saturated carbocycles. The highest BCUT2D eigenvalue weighted by molar-refractivity contribution is 14.0. The van der Waals surface area contributed by atoms with Gasteiger partial charge in [-0.15, -0.1) is 24.0 Å². The van der Waals surface area contributed by atoms with E-state index in [0.29, 0.717) is 6.54 Å². The van der Waals surface area contributed by atoms with E-state index in [1.54, 1.807) is 28.4 Å². The minimum absolute atomic E-state index is 0. The van der Waals surface area contributed by atoms with Crippen LogP contribution < -0.4 is 20.1 Å². The maximum Gasteiger partial charge on any atom is 0.191 e. The molecule has 0 aliphatic rings. The lowest BCUT2D eigenvalue weighted by Crippen LogP contribution is -2.45. The van der Waals surface area contributed by atoms with Crippen LogP contribution in [0.4, 0.5) is 0 Å². The maximum absolute atomic E-state index is 5.38. The summed E-state index contributed by atoms with van der Waals surface area (Å²) < 4.78 is 15.9. The van der Waals surface area contributed by atoms with Crippen LogP contribution in [0.3, 0.4) is 0 Å². The standard InChI is InChI=1S/C17H29N3O3.HI/c1-17(2,23-6)12-20-16(18-3)19-10-9-13-7-8-14(21-4)15(11-13)22-5;/h7-8,11H,9-10,12H2,1-6H3,(H2,18,19,20);1H. The topological polar surface area (TPSA) is 64.1 Å². The molecule has 2 N–H and O–H groups in total. The Kier molecular flexibility index (Phi) is 10.8. The van der Waals surface area contributed by atoms with Gasteiger partial charge in [0.05, 0.1) is 19.8 Å². The fraction of sp³-hybridized carbons (Fsp3) is 0.588. The molecular weight excluding hydrogens is 421 g/mol. The highest BCUT2D eigenvalue weighted by atomic mass is 127. The van der Waals surface area contributed by atoms with Crippen molar-refractivity contribution in [1.82, 2.24) is 10.6 Å². The van der Waals surface area contributed by atoms with Crippen molar-refractivity contribution in [2.24, 2.45) is 4.99 Å². The average molecular weight is 451 g/mol. The Hall–Kier alpha value is -1.22. The van der Waals surface area contributed by atoms with Gasteiger partial charge in [0.15, 0.2) is 17.5 Å². The number of benzene rings is 1. The molecule has 24 heavy (non-hydrogen) atoms. The summed E-state index contributed by atoms with van der Waals surface area (Å²) >= 11 is 0. The van der Waals surface area contributed by atoms with Crippen molar-refractivity contribution in [2.45, 2.75) is 25.9 Å². The van der Waals surface area contributed by atoms with Crippen LogP contribution in [0.2, 0.25) is 0 Å². The molecule has 0 fully saturated rings. The van der Waals surface area contributed by atoms with Gasteiger partial charge >= 0.3 is 0 Å². The first-order valence-corrected chi connectivity index (χ1v) is 7.66. The number of guanidine groups is 1. The van der Waals surface area contributed by atoms with E-state index in [2.05, 4.69) is 15.6 Å². The van der Waals surface area contributed by atoms with Crippen molar-refractivity contribution in [3.63, 3.8) is 0 Å². The predicted molar refractivity (Wildman–Crippen MR) is 109 cm³/mol. The number of aliphatic imine (C=N–C) groups is 1. The van der Waals surface area contributed by atoms with Crippen molar-refractivity contribution in [2.75, 3.05) is 41.5 Å². The summed E-state index contributed by atoms with van der Waals surface area (Å²) in [6, 6.07) is 5.94. The number of ether oxygens (including phenoxy) is 3. The van der Waals surface area contributed by atoms with Crippen LogP contribution in [0.1, 0.15) is 19.4 Å². The Balaban J connectivity index is 0.00000529. The van der Waals surface area contributed by atoms with Gasteiger partial charge in [-0.05, 0) is 38.0 Å². The summed E-state index contributed by atoms with van der Waals surface area (Å²) in [6.45, 7) is 5.50. The first-order chi connectivity index (χ1) is 11.0. The molecule has 1 aromatic rings. The van der Waals surface area contributed by atoms with Gasteiger partial charge in [-0.3, -0.25) is 4.99 Å². The summed E-state index contributed by atoms with van der Waals surface area (Å²) in [5, 5.41) is 6.55. The SMILES string of the molecule is CN=C(NCCc1ccc(OC)c(OC)c1)NCC(C)(C)OC.I. The Bertz CT molecular complexity index is 522. The summed E-state index contributed by atoms with van der Waals surface area (Å²) in [5.74, 6) is 2.24. The Morgan fingerprint density at radius 1 is 1.08 bits per heavy atom. The van der Waals surface area contributed by atoms with Crippen molar-refractivity contribution >= 4 is 29.9 Å². The van der Waals surface area contributed by atoms with E-state index in [-0.39, 0.29) is 29.6 Å². The molecule has 0 spiro atoms. The molecule has 0 aliphatic heterocycles. The fourth-order valence-corrected chi connectivity index (χ4v) is 1.95. The number of hydrogen-bond acceptors (Lipinski definition) is 4. The molecule has 0 unspecified atom stereocenters. The highest BCUT2D eigenvalue weighted by Crippen LogP contribution is 2.27. The van der Waals surface area contributed by atoms with Crippen molar-refractivity contribution in [1.29, 1.82) is 0 Å². The molecule has 0 aromatic heterocycles. The third kappa shape index (κ3) is 7.57. The second-order valence-electron chi connectivity index (χ2n) is 5.76. The zero-order chi connectivity index (χ0) is 17.3. The van der Waals surface area contributed by atoms with Crippen LogP contribution in [-0.2, 0) is 11.2 Å². The van der Waals surface area contributed by atoms with Crippen LogP contribution >= 0.6 is 24.0 Å². The Labute approximate surface area is 162 Å². The molecule has 0 heterocycles. The molecule has 7 heteroatoms. The summed E-state index contributed by atoms with van der Waals surface area (Å²) in [6.07, 6.45) is 0.856. The summed E-state index contributed by atoms with van der Waals surface area (Å²) in [4.78, 5) is 4.21. The minimum Gasteiger partial charge on any atom is -0.493 e. The summed E-state index contributed by atoms with van der Waals surface area (Å²) in [5.41, 5.74) is 0.934. The number of nitrogens with zero attached hydrogens (tertiary/aromatic N) is 1. The molecule has 0 aliphatic carbocycles. The third-order valence-corrected chi connectivity index (χ3v) is 3.61. The van der Waals surface area contributed by atoms with E-state index in [9.17, 15) is 0 Å². The third-order valence-electron chi connectivity index (χ3n) is 3.61. The van der Waals surface area contributed by atoms with E-state index in [4.69, 9.17) is 14.2 Å². The van der Waals surface area contributed by atoms with Crippen molar-refractivity contribution in [3.05, 3.63) is 23.8 Å². The Morgan fingerprint density at radius 2 is 1.75 bits per heavy atom. The molecule has 1 rings (SSSR count). The number of methoxy groups -OCH3 is 3. The largest absolute Gasteiger partial charge is 0.493 e. The number of hydrogen-bond donors (Lipinski definition) is 2. The minimum atomic E-state index is -0.235. The molecule has 0 radical (unpaired) electrons. The lowest BCUT2D eigenvalue weighted by Gasteiger charge is -2.24. The zero-order valence-corrected chi connectivity index (χ0v) is 17.8. The van der Waals surface area contributed by atoms with E-state index >= 15 is 0 Å². The molecule has 138 valence electrons. The van der Waals surface area contributed by atoms with Gasteiger partial charge in [-0.25, -0.2) is 0 Å². The molecule has 0 amide bonds. The second kappa shape index (κ2) is 11.4. The lowest BCUT2D eigenvalue weighted by atomic mass is 10.1. The van der Waals surface area contributed by atoms with Gasteiger partial charge < -0.3 is 24.8 Å². The van der Waals surface area contributed by atoms with E-state index in [0.717, 1.165) is 30.4 Å². The fourth-order valence-electron chi connectivity index (χ4n) is 1.95. The van der Waals surface area contributed by atoms with E-state index in [1.807, 2.05) is 32.0 Å². The van der Waals surface area contributed by atoms with Gasteiger partial charge in [0.1, 0.15) is 0 Å². The number of nitrogens with one attached hydrogen (secondary N) is 2.